The second kappa shape index (κ2) is 6.79. The number of aromatic hydroxyl groups is 3. The van der Waals surface area contributed by atoms with Crippen molar-refractivity contribution in [1.82, 2.24) is 0 Å². The van der Waals surface area contributed by atoms with E-state index in [1.54, 1.807) is 0 Å². The van der Waals surface area contributed by atoms with Gasteiger partial charge < -0.3 is 45.2 Å². The Hall–Kier alpha value is -2.11. The molecule has 24 heavy (non-hydrogen) atoms. The average Bonchev–Trinajstić information content (AvgIpc) is 2.52. The predicted octanol–water partition coefficient (Wildman–Crippen LogP) is -1.82. The molecule has 1 aliphatic rings. The smallest absolute Gasteiger partial charge is 0.229 e. The average molecular weight is 346 g/mol. The fraction of sp³-hybridized carbons (Fsp3) is 0.500. The highest BCUT2D eigenvalue weighted by Crippen LogP contribution is 2.44. The Morgan fingerprint density at radius 3 is 2.29 bits per heavy atom. The molecule has 1 fully saturated rings. The zero-order chi connectivity index (χ0) is 18.2. The third-order valence-corrected chi connectivity index (χ3v) is 3.65. The first kappa shape index (κ1) is 18.2. The van der Waals surface area contributed by atoms with E-state index < -0.39 is 71.7 Å². The van der Waals surface area contributed by atoms with Crippen LogP contribution in [0.15, 0.2) is 6.07 Å². The molecule has 2 rings (SSSR count). The van der Waals surface area contributed by atoms with E-state index in [9.17, 15) is 35.4 Å². The van der Waals surface area contributed by atoms with Gasteiger partial charge in [0.05, 0.1) is 6.61 Å². The van der Waals surface area contributed by atoms with Gasteiger partial charge in [0.1, 0.15) is 35.7 Å². The fourth-order valence-corrected chi connectivity index (χ4v) is 2.36. The number of carbonyl (C=O) groups is 1. The Balaban J connectivity index is 2.41. The first-order valence-electron chi connectivity index (χ1n) is 6.95. The number of phenols is 3. The van der Waals surface area contributed by atoms with Gasteiger partial charge >= 0.3 is 0 Å². The maximum absolute atomic E-state index is 11.6. The molecule has 0 aromatic heterocycles. The number of ketones is 1. The fourth-order valence-electron chi connectivity index (χ4n) is 2.36. The van der Waals surface area contributed by atoms with Crippen LogP contribution in [0.5, 0.6) is 23.0 Å². The standard InChI is InChI=1S/C14H18O10/c1-4(16)8-5(17)2-6(18)9(19)13(8)24-14-12(22)11(21)10(20)7(3-15)23-14/h2,7,10-12,14-15,17-22H,3H2,1H3. The Morgan fingerprint density at radius 1 is 1.12 bits per heavy atom. The first-order valence-corrected chi connectivity index (χ1v) is 6.95. The summed E-state index contributed by atoms with van der Waals surface area (Å²) in [6, 6.07) is 0.728. The van der Waals surface area contributed by atoms with Gasteiger partial charge in [0, 0.05) is 6.07 Å². The minimum atomic E-state index is -1.80. The molecule has 10 heteroatoms. The van der Waals surface area contributed by atoms with E-state index in [0.29, 0.717) is 0 Å². The van der Waals surface area contributed by atoms with Crippen molar-refractivity contribution in [3.05, 3.63) is 11.6 Å². The predicted molar refractivity (Wildman–Crippen MR) is 75.8 cm³/mol. The lowest BCUT2D eigenvalue weighted by atomic mass is 9.99. The zero-order valence-corrected chi connectivity index (χ0v) is 12.5. The Labute approximate surface area is 135 Å². The van der Waals surface area contributed by atoms with Crippen LogP contribution in [-0.2, 0) is 4.74 Å². The molecule has 1 aromatic carbocycles. The van der Waals surface area contributed by atoms with Crippen molar-refractivity contribution in [2.75, 3.05) is 6.61 Å². The highest BCUT2D eigenvalue weighted by Gasteiger charge is 2.45. The number of aliphatic hydroxyl groups is 4. The molecule has 134 valence electrons. The summed E-state index contributed by atoms with van der Waals surface area (Å²) in [6.07, 6.45) is -8.14. The molecule has 0 amide bonds. The van der Waals surface area contributed by atoms with Crippen LogP contribution in [-0.4, -0.2) is 78.8 Å². The Bertz CT molecular complexity index is 628. The summed E-state index contributed by atoms with van der Waals surface area (Å²) >= 11 is 0. The van der Waals surface area contributed by atoms with Crippen molar-refractivity contribution in [3.8, 4) is 23.0 Å². The molecule has 5 unspecified atom stereocenters. The van der Waals surface area contributed by atoms with Crippen LogP contribution < -0.4 is 4.74 Å². The molecular weight excluding hydrogens is 328 g/mol. The number of ether oxygens (including phenoxy) is 2. The summed E-state index contributed by atoms with van der Waals surface area (Å²) in [7, 11) is 0. The number of hydrogen-bond donors (Lipinski definition) is 7. The summed E-state index contributed by atoms with van der Waals surface area (Å²) in [6.45, 7) is 0.354. The highest BCUT2D eigenvalue weighted by atomic mass is 16.7. The molecule has 1 heterocycles. The molecule has 0 aliphatic carbocycles. The molecule has 1 saturated heterocycles. The summed E-state index contributed by atoms with van der Waals surface area (Å²) in [4.78, 5) is 11.6. The lowest BCUT2D eigenvalue weighted by molar-refractivity contribution is -0.277. The zero-order valence-electron chi connectivity index (χ0n) is 12.5. The molecule has 0 spiro atoms. The lowest BCUT2D eigenvalue weighted by Gasteiger charge is -2.39. The number of rotatable bonds is 4. The van der Waals surface area contributed by atoms with E-state index in [2.05, 4.69) is 0 Å². The molecular formula is C14H18O10. The molecule has 5 atom stereocenters. The summed E-state index contributed by atoms with van der Waals surface area (Å²) in [5, 5.41) is 67.6. The first-order chi connectivity index (χ1) is 11.2. The second-order valence-electron chi connectivity index (χ2n) is 5.34. The largest absolute Gasteiger partial charge is 0.507 e. The molecule has 0 radical (unpaired) electrons. The van der Waals surface area contributed by atoms with Crippen molar-refractivity contribution in [3.63, 3.8) is 0 Å². The van der Waals surface area contributed by atoms with E-state index in [0.717, 1.165) is 13.0 Å². The van der Waals surface area contributed by atoms with Gasteiger partial charge in [-0.05, 0) is 6.92 Å². The van der Waals surface area contributed by atoms with Crippen LogP contribution in [0.3, 0.4) is 0 Å². The second-order valence-corrected chi connectivity index (χ2v) is 5.34. The van der Waals surface area contributed by atoms with Crippen LogP contribution in [0.2, 0.25) is 0 Å². The van der Waals surface area contributed by atoms with E-state index in [-0.39, 0.29) is 0 Å². The SMILES string of the molecule is CC(=O)c1c(O)cc(O)c(O)c1OC1OC(CO)C(O)C(O)C1O. The van der Waals surface area contributed by atoms with E-state index in [1.807, 2.05) is 0 Å². The van der Waals surface area contributed by atoms with Gasteiger partial charge in [-0.15, -0.1) is 0 Å². The van der Waals surface area contributed by atoms with Crippen molar-refractivity contribution in [1.29, 1.82) is 0 Å². The quantitative estimate of drug-likeness (QED) is 0.187. The minimum absolute atomic E-state index is 0.484. The summed E-state index contributed by atoms with van der Waals surface area (Å²) < 4.78 is 10.2. The van der Waals surface area contributed by atoms with E-state index in [4.69, 9.17) is 14.6 Å². The van der Waals surface area contributed by atoms with Gasteiger partial charge in [0.15, 0.2) is 17.3 Å². The van der Waals surface area contributed by atoms with Crippen LogP contribution in [0.25, 0.3) is 0 Å². The van der Waals surface area contributed by atoms with Gasteiger partial charge in [-0.25, -0.2) is 0 Å². The van der Waals surface area contributed by atoms with Gasteiger partial charge in [0.2, 0.25) is 12.0 Å². The Kier molecular flexibility index (Phi) is 5.16. The molecule has 0 saturated carbocycles. The van der Waals surface area contributed by atoms with Crippen molar-refractivity contribution < 1.29 is 50.0 Å². The maximum atomic E-state index is 11.6. The Morgan fingerprint density at radius 2 is 1.75 bits per heavy atom. The van der Waals surface area contributed by atoms with Crippen molar-refractivity contribution in [2.24, 2.45) is 0 Å². The van der Waals surface area contributed by atoms with Crippen LogP contribution in [0, 0.1) is 0 Å². The number of benzene rings is 1. The van der Waals surface area contributed by atoms with Gasteiger partial charge in [-0.1, -0.05) is 0 Å². The van der Waals surface area contributed by atoms with Gasteiger partial charge in [0.25, 0.3) is 0 Å². The monoisotopic (exact) mass is 346 g/mol. The molecule has 10 nitrogen and oxygen atoms in total. The number of carbonyl (C=O) groups excluding carboxylic acids is 1. The van der Waals surface area contributed by atoms with Gasteiger partial charge in [-0.3, -0.25) is 4.79 Å². The molecule has 1 aromatic rings. The third-order valence-electron chi connectivity index (χ3n) is 3.65. The molecule has 0 bridgehead atoms. The molecule has 1 aliphatic heterocycles. The third kappa shape index (κ3) is 3.09. The summed E-state index contributed by atoms with van der Waals surface area (Å²) in [5.74, 6) is -3.77. The normalized spacial score (nSPS) is 30.1. The number of hydrogen-bond acceptors (Lipinski definition) is 10. The van der Waals surface area contributed by atoms with Crippen molar-refractivity contribution in [2.45, 2.75) is 37.6 Å². The minimum Gasteiger partial charge on any atom is -0.507 e. The highest BCUT2D eigenvalue weighted by molar-refractivity contribution is 6.00. The lowest BCUT2D eigenvalue weighted by Crippen LogP contribution is -2.60. The number of aliphatic hydroxyl groups excluding tert-OH is 4. The van der Waals surface area contributed by atoms with E-state index >= 15 is 0 Å². The summed E-state index contributed by atoms with van der Waals surface area (Å²) in [5.41, 5.74) is -0.484. The molecule has 7 N–H and O–H groups in total. The topological polar surface area (TPSA) is 177 Å². The maximum Gasteiger partial charge on any atom is 0.229 e. The van der Waals surface area contributed by atoms with Crippen LogP contribution in [0.1, 0.15) is 17.3 Å². The van der Waals surface area contributed by atoms with E-state index in [1.165, 1.54) is 0 Å². The van der Waals surface area contributed by atoms with Crippen LogP contribution in [0.4, 0.5) is 0 Å². The van der Waals surface area contributed by atoms with Crippen LogP contribution >= 0.6 is 0 Å². The number of phenolic OH excluding ortho intramolecular Hbond substituents is 3. The van der Waals surface area contributed by atoms with Crippen molar-refractivity contribution >= 4 is 5.78 Å². The van der Waals surface area contributed by atoms with Gasteiger partial charge in [-0.2, -0.15) is 0 Å². The number of Topliss-reactive ketones (excluding diaryl/α,β-unsaturated/α-hetero) is 1.